The molecule has 11 heteroatoms. The fourth-order valence-electron chi connectivity index (χ4n) is 4.39. The van der Waals surface area contributed by atoms with Crippen LogP contribution in [-0.2, 0) is 15.6 Å². The molecule has 41 heavy (non-hydrogen) atoms. The number of nitrogens with one attached hydrogen (secondary N) is 1. The highest BCUT2D eigenvalue weighted by atomic mass is 32.2. The van der Waals surface area contributed by atoms with Crippen LogP contribution in [0.2, 0.25) is 0 Å². The molecule has 6 nitrogen and oxygen atoms in total. The van der Waals surface area contributed by atoms with E-state index in [1.807, 2.05) is 42.5 Å². The van der Waals surface area contributed by atoms with Gasteiger partial charge in [-0.2, -0.15) is 17.9 Å². The molecule has 0 radical (unpaired) electrons. The Kier molecular flexibility index (Phi) is 7.64. The first kappa shape index (κ1) is 28.7. The van der Waals surface area contributed by atoms with E-state index in [9.17, 15) is 26.7 Å². The highest BCUT2D eigenvalue weighted by molar-refractivity contribution is 7.89. The zero-order valence-corrected chi connectivity index (χ0v) is 23.5. The standard InChI is InChI=1S/C30H25F3N2O4S2/c1-29(36,30(31,32)33)21-15-16-34-25(18-21)24-10-6-9-20-17-26(40-28(20)24)27(19-7-4-3-5-8-19)35-41(37,38)23-13-11-22(39-2)12-14-23/h3-18,27,35-36H,1-2H3/t27?,29-/m1/s1. The minimum atomic E-state index is -4.88. The molecule has 0 amide bonds. The van der Waals surface area contributed by atoms with Crippen LogP contribution in [0.5, 0.6) is 5.75 Å². The monoisotopic (exact) mass is 598 g/mol. The first-order valence-corrected chi connectivity index (χ1v) is 14.7. The molecule has 0 fully saturated rings. The van der Waals surface area contributed by atoms with Crippen molar-refractivity contribution in [2.75, 3.05) is 7.11 Å². The molecular weight excluding hydrogens is 573 g/mol. The summed E-state index contributed by atoms with van der Waals surface area (Å²) >= 11 is 1.31. The number of hydrogen-bond acceptors (Lipinski definition) is 6. The van der Waals surface area contributed by atoms with Gasteiger partial charge in [0.2, 0.25) is 10.0 Å². The van der Waals surface area contributed by atoms with Gasteiger partial charge in [-0.3, -0.25) is 4.98 Å². The van der Waals surface area contributed by atoms with Crippen LogP contribution in [0.4, 0.5) is 13.2 Å². The van der Waals surface area contributed by atoms with Crippen molar-refractivity contribution in [1.29, 1.82) is 0 Å². The predicted octanol–water partition coefficient (Wildman–Crippen LogP) is 6.81. The summed E-state index contributed by atoms with van der Waals surface area (Å²) in [4.78, 5) is 5.03. The van der Waals surface area contributed by atoms with Gasteiger partial charge in [0.1, 0.15) is 5.75 Å². The molecule has 0 aliphatic rings. The summed E-state index contributed by atoms with van der Waals surface area (Å²) in [5.74, 6) is 0.523. The molecule has 0 spiro atoms. The fraction of sp³-hybridized carbons (Fsp3) is 0.167. The summed E-state index contributed by atoms with van der Waals surface area (Å²) in [7, 11) is -2.47. The fourth-order valence-corrected chi connectivity index (χ4v) is 6.93. The molecule has 2 N–H and O–H groups in total. The van der Waals surface area contributed by atoms with E-state index < -0.39 is 27.8 Å². The molecule has 212 valence electrons. The van der Waals surface area contributed by atoms with Gasteiger partial charge >= 0.3 is 6.18 Å². The number of pyridine rings is 1. The molecule has 0 bridgehead atoms. The minimum absolute atomic E-state index is 0.0683. The first-order valence-electron chi connectivity index (χ1n) is 12.4. The normalized spacial score (nSPS) is 14.5. The van der Waals surface area contributed by atoms with Gasteiger partial charge in [-0.1, -0.05) is 48.5 Å². The van der Waals surface area contributed by atoms with Gasteiger partial charge in [-0.05, 0) is 65.9 Å². The van der Waals surface area contributed by atoms with E-state index >= 15 is 0 Å². The van der Waals surface area contributed by atoms with Crippen LogP contribution in [0.15, 0.2) is 102 Å². The summed E-state index contributed by atoms with van der Waals surface area (Å²) in [6.45, 7) is 0.704. The Balaban J connectivity index is 1.59. The zero-order valence-electron chi connectivity index (χ0n) is 21.9. The van der Waals surface area contributed by atoms with Crippen LogP contribution in [0.25, 0.3) is 21.3 Å². The lowest BCUT2D eigenvalue weighted by Gasteiger charge is -2.26. The Hall–Kier alpha value is -3.77. The van der Waals surface area contributed by atoms with E-state index in [0.717, 1.165) is 11.5 Å². The lowest BCUT2D eigenvalue weighted by molar-refractivity contribution is -0.258. The number of nitrogens with zero attached hydrogens (tertiary/aromatic N) is 1. The number of fused-ring (bicyclic) bond motifs is 1. The maximum atomic E-state index is 13.5. The molecule has 3 aromatic carbocycles. The number of halogens is 3. The van der Waals surface area contributed by atoms with Crippen molar-refractivity contribution in [2.45, 2.75) is 29.6 Å². The molecule has 0 saturated heterocycles. The molecule has 2 aromatic heterocycles. The lowest BCUT2D eigenvalue weighted by atomic mass is 9.94. The molecule has 0 saturated carbocycles. The summed E-state index contributed by atoms with van der Waals surface area (Å²) < 4.78 is 76.1. The number of sulfonamides is 1. The van der Waals surface area contributed by atoms with Crippen LogP contribution in [0, 0.1) is 0 Å². The second-order valence-electron chi connectivity index (χ2n) is 9.51. The number of rotatable bonds is 8. The molecule has 5 rings (SSSR count). The smallest absolute Gasteiger partial charge is 0.421 e. The number of benzene rings is 3. The zero-order chi connectivity index (χ0) is 29.4. The van der Waals surface area contributed by atoms with E-state index in [0.29, 0.717) is 33.4 Å². The van der Waals surface area contributed by atoms with Gasteiger partial charge in [-0.25, -0.2) is 8.42 Å². The topological polar surface area (TPSA) is 88.5 Å². The van der Waals surface area contributed by atoms with Crippen LogP contribution in [0.1, 0.15) is 29.0 Å². The van der Waals surface area contributed by atoms with E-state index in [1.165, 1.54) is 42.8 Å². The SMILES string of the molecule is COc1ccc(S(=O)(=O)NC(c2ccccc2)c2cc3cccc(-c4cc([C@@](C)(O)C(F)(F)F)ccn4)c3s2)cc1. The van der Waals surface area contributed by atoms with Crippen molar-refractivity contribution in [2.24, 2.45) is 0 Å². The van der Waals surface area contributed by atoms with Gasteiger partial charge in [0.25, 0.3) is 0 Å². The second kappa shape index (κ2) is 10.9. The van der Waals surface area contributed by atoms with Crippen LogP contribution >= 0.6 is 11.3 Å². The highest BCUT2D eigenvalue weighted by Gasteiger charge is 2.51. The summed E-state index contributed by atoms with van der Waals surface area (Å²) in [6.07, 6.45) is -3.65. The van der Waals surface area contributed by atoms with E-state index in [2.05, 4.69) is 9.71 Å². The minimum Gasteiger partial charge on any atom is -0.497 e. The second-order valence-corrected chi connectivity index (χ2v) is 12.3. The Morgan fingerprint density at radius 1 is 0.951 bits per heavy atom. The average molecular weight is 599 g/mol. The number of ether oxygens (including phenoxy) is 1. The summed E-state index contributed by atoms with van der Waals surface area (Å²) in [5.41, 5.74) is -1.88. The first-order chi connectivity index (χ1) is 19.4. The van der Waals surface area contributed by atoms with Crippen molar-refractivity contribution < 1.29 is 31.4 Å². The predicted molar refractivity (Wildman–Crippen MR) is 152 cm³/mol. The van der Waals surface area contributed by atoms with Crippen LogP contribution in [0.3, 0.4) is 0 Å². The van der Waals surface area contributed by atoms with Gasteiger partial charge in [0, 0.05) is 21.3 Å². The van der Waals surface area contributed by atoms with Crippen molar-refractivity contribution >= 4 is 31.4 Å². The molecule has 1 unspecified atom stereocenters. The van der Waals surface area contributed by atoms with E-state index in [1.54, 1.807) is 24.3 Å². The van der Waals surface area contributed by atoms with Crippen molar-refractivity contribution in [3.63, 3.8) is 0 Å². The number of thiophene rings is 1. The third-order valence-electron chi connectivity index (χ3n) is 6.77. The number of methoxy groups -OCH3 is 1. The van der Waals surface area contributed by atoms with Gasteiger partial charge in [-0.15, -0.1) is 11.3 Å². The molecular formula is C30H25F3N2O4S2. The Bertz CT molecular complexity index is 1790. The molecule has 0 aliphatic heterocycles. The number of aromatic nitrogens is 1. The quantitative estimate of drug-likeness (QED) is 0.205. The van der Waals surface area contributed by atoms with E-state index in [-0.39, 0.29) is 16.2 Å². The van der Waals surface area contributed by atoms with Crippen LogP contribution in [-0.4, -0.2) is 31.8 Å². The maximum absolute atomic E-state index is 13.5. The molecule has 2 atom stereocenters. The van der Waals surface area contributed by atoms with Gasteiger partial charge in [0.15, 0.2) is 5.60 Å². The average Bonchev–Trinajstić information content (AvgIpc) is 3.40. The van der Waals surface area contributed by atoms with Crippen LogP contribution < -0.4 is 9.46 Å². The number of aliphatic hydroxyl groups is 1. The third kappa shape index (κ3) is 5.71. The molecule has 5 aromatic rings. The number of hydrogen-bond donors (Lipinski definition) is 2. The third-order valence-corrected chi connectivity index (χ3v) is 9.46. The van der Waals surface area contributed by atoms with Gasteiger partial charge in [0.05, 0.1) is 23.7 Å². The lowest BCUT2D eigenvalue weighted by Crippen LogP contribution is -2.39. The summed E-state index contributed by atoms with van der Waals surface area (Å²) in [6, 6.07) is 23.9. The van der Waals surface area contributed by atoms with Gasteiger partial charge < -0.3 is 9.84 Å². The summed E-state index contributed by atoms with van der Waals surface area (Å²) in [5, 5.41) is 11.0. The van der Waals surface area contributed by atoms with Crippen molar-refractivity contribution in [3.05, 3.63) is 113 Å². The maximum Gasteiger partial charge on any atom is 0.421 e. The van der Waals surface area contributed by atoms with Crippen molar-refractivity contribution in [3.8, 4) is 17.0 Å². The number of alkyl halides is 3. The molecule has 0 aliphatic carbocycles. The van der Waals surface area contributed by atoms with E-state index in [4.69, 9.17) is 4.74 Å². The Morgan fingerprint density at radius 2 is 1.66 bits per heavy atom. The molecule has 2 heterocycles. The largest absolute Gasteiger partial charge is 0.497 e. The Labute approximate surface area is 239 Å². The Morgan fingerprint density at radius 3 is 2.32 bits per heavy atom. The highest BCUT2D eigenvalue weighted by Crippen LogP contribution is 2.42. The van der Waals surface area contributed by atoms with Crippen molar-refractivity contribution in [1.82, 2.24) is 9.71 Å².